The molecular weight excluding hydrogens is 224 g/mol. The van der Waals surface area contributed by atoms with E-state index in [0.29, 0.717) is 5.92 Å². The van der Waals surface area contributed by atoms with Crippen LogP contribution in [0.15, 0.2) is 36.8 Å². The van der Waals surface area contributed by atoms with Gasteiger partial charge in [-0.3, -0.25) is 0 Å². The van der Waals surface area contributed by atoms with Crippen LogP contribution < -0.4 is 0 Å². The molecule has 1 aromatic heterocycles. The molecule has 3 heteroatoms. The van der Waals surface area contributed by atoms with E-state index in [1.807, 2.05) is 12.5 Å². The SMILES string of the molecule is O[C@@H]1CCC[C@H]1[C@@H]1c2ccccc2-c2cncn21. The van der Waals surface area contributed by atoms with Gasteiger partial charge in [0, 0.05) is 11.5 Å². The average molecular weight is 240 g/mol. The van der Waals surface area contributed by atoms with Crippen LogP contribution in [0.1, 0.15) is 30.9 Å². The summed E-state index contributed by atoms with van der Waals surface area (Å²) in [5.41, 5.74) is 3.81. The molecule has 0 saturated heterocycles. The Morgan fingerprint density at radius 1 is 1.22 bits per heavy atom. The van der Waals surface area contributed by atoms with Crippen LogP contribution in [0.4, 0.5) is 0 Å². The molecule has 2 heterocycles. The quantitative estimate of drug-likeness (QED) is 0.832. The van der Waals surface area contributed by atoms with Gasteiger partial charge < -0.3 is 9.67 Å². The number of fused-ring (bicyclic) bond motifs is 3. The van der Waals surface area contributed by atoms with Gasteiger partial charge in [0.05, 0.1) is 30.4 Å². The van der Waals surface area contributed by atoms with Crippen LogP contribution >= 0.6 is 0 Å². The van der Waals surface area contributed by atoms with Crippen molar-refractivity contribution in [1.82, 2.24) is 9.55 Å². The predicted molar refractivity (Wildman–Crippen MR) is 69.1 cm³/mol. The van der Waals surface area contributed by atoms with Gasteiger partial charge in [0.25, 0.3) is 0 Å². The summed E-state index contributed by atoms with van der Waals surface area (Å²) in [7, 11) is 0. The fourth-order valence-electron chi connectivity index (χ4n) is 3.65. The van der Waals surface area contributed by atoms with E-state index >= 15 is 0 Å². The van der Waals surface area contributed by atoms with Gasteiger partial charge in [-0.05, 0) is 18.4 Å². The van der Waals surface area contributed by atoms with E-state index in [1.165, 1.54) is 16.8 Å². The van der Waals surface area contributed by atoms with E-state index in [4.69, 9.17) is 0 Å². The zero-order chi connectivity index (χ0) is 12.1. The number of hydrogen-bond donors (Lipinski definition) is 1. The van der Waals surface area contributed by atoms with E-state index in [0.717, 1.165) is 19.3 Å². The summed E-state index contributed by atoms with van der Waals surface area (Å²) >= 11 is 0. The molecular formula is C15H16N2O. The van der Waals surface area contributed by atoms with E-state index in [-0.39, 0.29) is 12.1 Å². The Bertz CT molecular complexity index is 590. The topological polar surface area (TPSA) is 38.1 Å². The lowest BCUT2D eigenvalue weighted by Gasteiger charge is -2.24. The first kappa shape index (κ1) is 10.3. The molecule has 92 valence electrons. The molecule has 3 nitrogen and oxygen atoms in total. The average Bonchev–Trinajstić information content (AvgIpc) is 3.05. The first-order chi connectivity index (χ1) is 8.86. The summed E-state index contributed by atoms with van der Waals surface area (Å²) in [6, 6.07) is 8.79. The number of nitrogens with zero attached hydrogens (tertiary/aromatic N) is 2. The van der Waals surface area contributed by atoms with Gasteiger partial charge in [0.1, 0.15) is 0 Å². The lowest BCUT2D eigenvalue weighted by atomic mass is 9.90. The van der Waals surface area contributed by atoms with Crippen LogP contribution in [-0.2, 0) is 0 Å². The highest BCUT2D eigenvalue weighted by Gasteiger charge is 2.39. The maximum atomic E-state index is 10.2. The Hall–Kier alpha value is -1.61. The second-order valence-corrected chi connectivity index (χ2v) is 5.38. The molecule has 18 heavy (non-hydrogen) atoms. The molecule has 1 N–H and O–H groups in total. The molecule has 1 saturated carbocycles. The number of imidazole rings is 1. The smallest absolute Gasteiger partial charge is 0.0956 e. The molecule has 1 aliphatic carbocycles. The van der Waals surface area contributed by atoms with E-state index < -0.39 is 0 Å². The van der Waals surface area contributed by atoms with Crippen LogP contribution in [-0.4, -0.2) is 20.8 Å². The summed E-state index contributed by atoms with van der Waals surface area (Å²) in [6.45, 7) is 0. The fourth-order valence-corrected chi connectivity index (χ4v) is 3.65. The third-order valence-electron chi connectivity index (χ3n) is 4.46. The van der Waals surface area contributed by atoms with Crippen molar-refractivity contribution < 1.29 is 5.11 Å². The largest absolute Gasteiger partial charge is 0.393 e. The summed E-state index contributed by atoms with van der Waals surface area (Å²) in [5, 5.41) is 10.2. The Kier molecular flexibility index (Phi) is 2.12. The van der Waals surface area contributed by atoms with Gasteiger partial charge in [-0.1, -0.05) is 30.7 Å². The predicted octanol–water partition coefficient (Wildman–Crippen LogP) is 2.61. The van der Waals surface area contributed by atoms with Crippen LogP contribution in [0.2, 0.25) is 0 Å². The summed E-state index contributed by atoms with van der Waals surface area (Å²) in [6.07, 6.45) is 6.85. The Balaban J connectivity index is 1.89. The van der Waals surface area contributed by atoms with Crippen LogP contribution in [0.5, 0.6) is 0 Å². The highest BCUT2D eigenvalue weighted by atomic mass is 16.3. The van der Waals surface area contributed by atoms with Crippen molar-refractivity contribution in [3.05, 3.63) is 42.4 Å². The fraction of sp³-hybridized carbons (Fsp3) is 0.400. The lowest BCUT2D eigenvalue weighted by Crippen LogP contribution is -2.24. The van der Waals surface area contributed by atoms with Crippen molar-refractivity contribution in [3.8, 4) is 11.3 Å². The summed E-state index contributed by atoms with van der Waals surface area (Å²) < 4.78 is 2.24. The monoisotopic (exact) mass is 240 g/mol. The molecule has 2 aromatic rings. The van der Waals surface area contributed by atoms with Gasteiger partial charge in [0.2, 0.25) is 0 Å². The maximum absolute atomic E-state index is 10.2. The Labute approximate surface area is 106 Å². The molecule has 0 spiro atoms. The van der Waals surface area contributed by atoms with E-state index in [1.54, 1.807) is 0 Å². The first-order valence-electron chi connectivity index (χ1n) is 6.65. The van der Waals surface area contributed by atoms with Crippen LogP contribution in [0.25, 0.3) is 11.3 Å². The molecule has 1 fully saturated rings. The molecule has 1 aliphatic heterocycles. The zero-order valence-corrected chi connectivity index (χ0v) is 10.2. The number of rotatable bonds is 1. The van der Waals surface area contributed by atoms with Gasteiger partial charge in [-0.25, -0.2) is 4.98 Å². The van der Waals surface area contributed by atoms with Crippen molar-refractivity contribution >= 4 is 0 Å². The zero-order valence-electron chi connectivity index (χ0n) is 10.2. The Morgan fingerprint density at radius 3 is 2.94 bits per heavy atom. The van der Waals surface area contributed by atoms with Crippen LogP contribution in [0, 0.1) is 5.92 Å². The van der Waals surface area contributed by atoms with E-state index in [2.05, 4.69) is 33.8 Å². The lowest BCUT2D eigenvalue weighted by molar-refractivity contribution is 0.112. The molecule has 2 aliphatic rings. The molecule has 0 bridgehead atoms. The van der Waals surface area contributed by atoms with Crippen molar-refractivity contribution in [3.63, 3.8) is 0 Å². The molecule has 4 rings (SSSR count). The normalized spacial score (nSPS) is 29.3. The van der Waals surface area contributed by atoms with Crippen molar-refractivity contribution in [2.24, 2.45) is 5.92 Å². The van der Waals surface area contributed by atoms with E-state index in [9.17, 15) is 5.11 Å². The second-order valence-electron chi connectivity index (χ2n) is 5.38. The number of benzene rings is 1. The molecule has 3 atom stereocenters. The number of aromatic nitrogens is 2. The van der Waals surface area contributed by atoms with Gasteiger partial charge in [0.15, 0.2) is 0 Å². The summed E-state index contributed by atoms with van der Waals surface area (Å²) in [4.78, 5) is 4.27. The standard InChI is InChI=1S/C15H16N2O/c18-14-7-3-6-12(14)15-11-5-2-1-4-10(11)13-8-16-9-17(13)15/h1-2,4-5,8-9,12,14-15,18H,3,6-7H2/t12-,14-,15+/m1/s1. The van der Waals surface area contributed by atoms with Crippen molar-refractivity contribution in [2.75, 3.05) is 0 Å². The van der Waals surface area contributed by atoms with Crippen molar-refractivity contribution in [1.29, 1.82) is 0 Å². The van der Waals surface area contributed by atoms with Gasteiger partial charge >= 0.3 is 0 Å². The van der Waals surface area contributed by atoms with Crippen molar-refractivity contribution in [2.45, 2.75) is 31.4 Å². The first-order valence-corrected chi connectivity index (χ1v) is 6.65. The van der Waals surface area contributed by atoms with Crippen LogP contribution in [0.3, 0.4) is 0 Å². The molecule has 0 amide bonds. The molecule has 1 aromatic carbocycles. The summed E-state index contributed by atoms with van der Waals surface area (Å²) in [5.74, 6) is 0.335. The third-order valence-corrected chi connectivity index (χ3v) is 4.46. The maximum Gasteiger partial charge on any atom is 0.0956 e. The highest BCUT2D eigenvalue weighted by molar-refractivity contribution is 5.69. The number of aliphatic hydroxyl groups excluding tert-OH is 1. The highest BCUT2D eigenvalue weighted by Crippen LogP contribution is 2.47. The minimum absolute atomic E-state index is 0.170. The number of aliphatic hydroxyl groups is 1. The minimum atomic E-state index is -0.170. The minimum Gasteiger partial charge on any atom is -0.393 e. The van der Waals surface area contributed by atoms with Gasteiger partial charge in [-0.15, -0.1) is 0 Å². The molecule has 0 radical (unpaired) electrons. The van der Waals surface area contributed by atoms with Gasteiger partial charge in [-0.2, -0.15) is 0 Å². The molecule has 0 unspecified atom stereocenters. The Morgan fingerprint density at radius 2 is 2.11 bits per heavy atom. The second kappa shape index (κ2) is 3.69. The third kappa shape index (κ3) is 1.25. The number of hydrogen-bond acceptors (Lipinski definition) is 2.